The minimum atomic E-state index is -2.28. The van der Waals surface area contributed by atoms with Gasteiger partial charge in [-0.3, -0.25) is 0 Å². The van der Waals surface area contributed by atoms with Gasteiger partial charge in [0.25, 0.3) is 0 Å². The fourth-order valence-corrected chi connectivity index (χ4v) is 2.92. The fraction of sp³-hybridized carbons (Fsp3) is 0.462. The van der Waals surface area contributed by atoms with Crippen molar-refractivity contribution >= 4 is 20.0 Å². The van der Waals surface area contributed by atoms with E-state index in [2.05, 4.69) is 5.32 Å². The summed E-state index contributed by atoms with van der Waals surface area (Å²) in [6.07, 6.45) is 0.553. The highest BCUT2D eigenvalue weighted by Crippen LogP contribution is 2.26. The first-order chi connectivity index (χ1) is 10.6. The topological polar surface area (TPSA) is 50.4 Å². The van der Waals surface area contributed by atoms with Crippen molar-refractivity contribution in [3.63, 3.8) is 0 Å². The maximum atomic E-state index is 13.4. The number of anilines is 1. The van der Waals surface area contributed by atoms with E-state index in [0.29, 0.717) is 6.42 Å². The molecular formula is C13H17F5N2O2Si. The molecule has 0 unspecified atom stereocenters. The van der Waals surface area contributed by atoms with Crippen LogP contribution in [0.3, 0.4) is 0 Å². The van der Waals surface area contributed by atoms with Gasteiger partial charge in [-0.25, -0.2) is 26.7 Å². The molecule has 0 spiro atoms. The second kappa shape index (κ2) is 7.73. The Labute approximate surface area is 131 Å². The first-order valence-electron chi connectivity index (χ1n) is 6.72. The number of hydrogen-bond donors (Lipinski definition) is 2. The quantitative estimate of drug-likeness (QED) is 0.268. The van der Waals surface area contributed by atoms with Gasteiger partial charge >= 0.3 is 6.03 Å². The van der Waals surface area contributed by atoms with E-state index in [1.807, 2.05) is 13.1 Å². The van der Waals surface area contributed by atoms with Gasteiger partial charge in [-0.2, -0.15) is 0 Å². The highest BCUT2D eigenvalue weighted by Gasteiger charge is 2.26. The molecule has 0 radical (unpaired) electrons. The number of hydrogen-bond acceptors (Lipinski definition) is 2. The molecule has 0 atom stereocenters. The molecule has 0 bridgehead atoms. The molecule has 1 aromatic rings. The zero-order chi connectivity index (χ0) is 17.8. The van der Waals surface area contributed by atoms with Crippen molar-refractivity contribution in [3.05, 3.63) is 29.1 Å². The van der Waals surface area contributed by atoms with Crippen LogP contribution in [0.5, 0.6) is 0 Å². The molecule has 130 valence electrons. The van der Waals surface area contributed by atoms with E-state index >= 15 is 0 Å². The summed E-state index contributed by atoms with van der Waals surface area (Å²) in [6, 6.07) is -0.336. The maximum absolute atomic E-state index is 13.4. The van der Waals surface area contributed by atoms with E-state index < -0.39 is 49.1 Å². The Morgan fingerprint density at radius 1 is 1.00 bits per heavy atom. The van der Waals surface area contributed by atoms with Crippen LogP contribution in [0.4, 0.5) is 32.4 Å². The van der Waals surface area contributed by atoms with Crippen LogP contribution in [0.25, 0.3) is 0 Å². The van der Waals surface area contributed by atoms with Crippen LogP contribution < -0.4 is 10.6 Å². The van der Waals surface area contributed by atoms with Crippen molar-refractivity contribution in [2.45, 2.75) is 25.6 Å². The first kappa shape index (κ1) is 19.4. The van der Waals surface area contributed by atoms with Gasteiger partial charge in [-0.05, 0) is 25.6 Å². The Balaban J connectivity index is 2.66. The van der Waals surface area contributed by atoms with Crippen LogP contribution in [-0.4, -0.2) is 28.0 Å². The summed E-state index contributed by atoms with van der Waals surface area (Å²) >= 11 is 0. The van der Waals surface area contributed by atoms with Gasteiger partial charge in [0.15, 0.2) is 31.6 Å². The van der Waals surface area contributed by atoms with Crippen molar-refractivity contribution in [3.8, 4) is 0 Å². The molecular weight excluding hydrogens is 339 g/mol. The van der Waals surface area contributed by atoms with Crippen LogP contribution in [-0.2, 0) is 4.43 Å². The first-order valence-corrected chi connectivity index (χ1v) is 9.83. The molecule has 10 heteroatoms. The van der Waals surface area contributed by atoms with Gasteiger partial charge in [0.05, 0.1) is 0 Å². The lowest BCUT2D eigenvalue weighted by atomic mass is 10.2. The lowest BCUT2D eigenvalue weighted by Gasteiger charge is -2.19. The Hall–Kier alpha value is -1.68. The van der Waals surface area contributed by atoms with E-state index in [9.17, 15) is 26.7 Å². The van der Waals surface area contributed by atoms with Gasteiger partial charge < -0.3 is 15.1 Å². The minimum absolute atomic E-state index is 0.168. The monoisotopic (exact) mass is 356 g/mol. The van der Waals surface area contributed by atoms with E-state index in [4.69, 9.17) is 4.43 Å². The number of rotatable bonds is 6. The van der Waals surface area contributed by atoms with Gasteiger partial charge in [0.1, 0.15) is 5.69 Å². The molecule has 0 saturated heterocycles. The van der Waals surface area contributed by atoms with Crippen LogP contribution in [0.15, 0.2) is 0 Å². The lowest BCUT2D eigenvalue weighted by Crippen LogP contribution is -2.33. The lowest BCUT2D eigenvalue weighted by molar-refractivity contribution is 0.251. The Bertz CT molecular complexity index is 569. The van der Waals surface area contributed by atoms with Gasteiger partial charge in [-0.15, -0.1) is 0 Å². The fourth-order valence-electron chi connectivity index (χ4n) is 1.69. The summed E-state index contributed by atoms with van der Waals surface area (Å²) in [5, 5.41) is 3.91. The van der Waals surface area contributed by atoms with Gasteiger partial charge in [0, 0.05) is 13.7 Å². The Kier molecular flexibility index (Phi) is 6.51. The number of benzene rings is 1. The molecule has 0 aliphatic heterocycles. The van der Waals surface area contributed by atoms with E-state index in [1.165, 1.54) is 0 Å². The number of amides is 2. The average Bonchev–Trinajstić information content (AvgIpc) is 2.52. The Morgan fingerprint density at radius 3 is 1.96 bits per heavy atom. The molecule has 1 aromatic carbocycles. The second-order valence-electron chi connectivity index (χ2n) is 5.39. The summed E-state index contributed by atoms with van der Waals surface area (Å²) in [5.74, 6) is -10.7. The largest absolute Gasteiger partial charge is 0.420 e. The predicted octanol–water partition coefficient (Wildman–Crippen LogP) is 3.75. The number of halogens is 5. The summed E-state index contributed by atoms with van der Waals surface area (Å²) in [7, 11) is -0.202. The van der Waals surface area contributed by atoms with Crippen LogP contribution in [0.1, 0.15) is 6.42 Å². The zero-order valence-electron chi connectivity index (χ0n) is 12.8. The van der Waals surface area contributed by atoms with Crippen LogP contribution in [0.2, 0.25) is 19.1 Å². The summed E-state index contributed by atoms with van der Waals surface area (Å²) in [4.78, 5) is 11.5. The van der Waals surface area contributed by atoms with E-state index in [-0.39, 0.29) is 6.54 Å². The molecule has 0 saturated carbocycles. The third-order valence-electron chi connectivity index (χ3n) is 3.24. The third-order valence-corrected chi connectivity index (χ3v) is 5.90. The molecule has 0 aromatic heterocycles. The molecule has 2 N–H and O–H groups in total. The van der Waals surface area contributed by atoms with Crippen molar-refractivity contribution < 1.29 is 31.2 Å². The van der Waals surface area contributed by atoms with Crippen molar-refractivity contribution in [1.82, 2.24) is 5.32 Å². The molecule has 0 fully saturated rings. The summed E-state index contributed by atoms with van der Waals surface area (Å²) < 4.78 is 70.9. The van der Waals surface area contributed by atoms with E-state index in [1.54, 1.807) is 12.4 Å². The van der Waals surface area contributed by atoms with Crippen LogP contribution >= 0.6 is 0 Å². The number of carbonyl (C=O) groups is 1. The molecule has 0 aliphatic rings. The summed E-state index contributed by atoms with van der Waals surface area (Å²) in [6.45, 7) is 4.12. The SMILES string of the molecule is CO[Si](C)(C)CCCNC(=O)Nc1c(F)c(F)c(F)c(F)c1F. The smallest absolute Gasteiger partial charge is 0.319 e. The zero-order valence-corrected chi connectivity index (χ0v) is 13.8. The molecule has 1 rings (SSSR count). The maximum Gasteiger partial charge on any atom is 0.319 e. The van der Waals surface area contributed by atoms with Crippen molar-refractivity contribution in [1.29, 1.82) is 0 Å². The number of carbonyl (C=O) groups excluding carboxylic acids is 1. The number of nitrogens with one attached hydrogen (secondary N) is 2. The second-order valence-corrected chi connectivity index (χ2v) is 9.82. The van der Waals surface area contributed by atoms with Gasteiger partial charge in [-0.1, -0.05) is 0 Å². The molecule has 0 heterocycles. The molecule has 2 amide bonds. The standard InChI is InChI=1S/C13H17F5N2O2Si/c1-22-23(2,3)6-4-5-19-13(21)20-12-10(17)8(15)7(14)9(16)11(12)18/h4-6H2,1-3H3,(H2,19,20,21). The average molecular weight is 356 g/mol. The van der Waals surface area contributed by atoms with Gasteiger partial charge in [0.2, 0.25) is 5.82 Å². The third kappa shape index (κ3) is 4.89. The molecule has 0 aliphatic carbocycles. The van der Waals surface area contributed by atoms with Crippen molar-refractivity contribution in [2.75, 3.05) is 19.0 Å². The predicted molar refractivity (Wildman–Crippen MR) is 77.2 cm³/mol. The highest BCUT2D eigenvalue weighted by molar-refractivity contribution is 6.71. The molecule has 4 nitrogen and oxygen atoms in total. The minimum Gasteiger partial charge on any atom is -0.420 e. The van der Waals surface area contributed by atoms with E-state index in [0.717, 1.165) is 6.04 Å². The normalized spacial score (nSPS) is 11.5. The molecule has 23 heavy (non-hydrogen) atoms. The van der Waals surface area contributed by atoms with Crippen LogP contribution in [0, 0.1) is 29.1 Å². The highest BCUT2D eigenvalue weighted by atomic mass is 28.4. The Morgan fingerprint density at radius 2 is 1.48 bits per heavy atom. The van der Waals surface area contributed by atoms with Crippen molar-refractivity contribution in [2.24, 2.45) is 0 Å². The summed E-state index contributed by atoms with van der Waals surface area (Å²) in [5.41, 5.74) is -1.38. The number of urea groups is 1.